The highest BCUT2D eigenvalue weighted by molar-refractivity contribution is 5.01. The fourth-order valence-corrected chi connectivity index (χ4v) is 4.94. The van der Waals surface area contributed by atoms with Gasteiger partial charge in [0.1, 0.15) is 0 Å². The van der Waals surface area contributed by atoms with Gasteiger partial charge in [-0.1, -0.05) is 19.8 Å². The number of likely N-dealkylation sites (tertiary alicyclic amines) is 1. The van der Waals surface area contributed by atoms with Crippen LogP contribution in [0.15, 0.2) is 0 Å². The van der Waals surface area contributed by atoms with Crippen LogP contribution in [0.5, 0.6) is 0 Å². The van der Waals surface area contributed by atoms with Crippen molar-refractivity contribution in [2.24, 2.45) is 17.8 Å². The maximum Gasteiger partial charge on any atom is 0.0672 e. The average molecular weight is 260 g/mol. The van der Waals surface area contributed by atoms with Crippen molar-refractivity contribution < 1.29 is 0 Å². The Bertz CT molecular complexity index is 344. The molecule has 5 atom stereocenters. The van der Waals surface area contributed by atoms with Crippen LogP contribution in [-0.2, 0) is 0 Å². The van der Waals surface area contributed by atoms with Crippen LogP contribution in [0.25, 0.3) is 0 Å². The number of rotatable bonds is 1. The molecule has 0 spiro atoms. The van der Waals surface area contributed by atoms with Gasteiger partial charge in [0.05, 0.1) is 12.0 Å². The van der Waals surface area contributed by atoms with Crippen molar-refractivity contribution in [3.05, 3.63) is 0 Å². The van der Waals surface area contributed by atoms with Crippen molar-refractivity contribution in [1.29, 1.82) is 5.26 Å². The molecule has 1 heterocycles. The number of fused-ring (bicyclic) bond motifs is 1. The SMILES string of the molecule is CC1CCC(C#N)C(N2CCCC3CCCCC32)C1. The third kappa shape index (κ3) is 2.68. The van der Waals surface area contributed by atoms with Gasteiger partial charge in [0.25, 0.3) is 0 Å². The molecule has 0 N–H and O–H groups in total. The van der Waals surface area contributed by atoms with Crippen molar-refractivity contribution in [2.75, 3.05) is 6.54 Å². The number of hydrogen-bond acceptors (Lipinski definition) is 2. The first kappa shape index (κ1) is 13.4. The summed E-state index contributed by atoms with van der Waals surface area (Å²) < 4.78 is 0. The van der Waals surface area contributed by atoms with E-state index in [4.69, 9.17) is 0 Å². The van der Waals surface area contributed by atoms with Gasteiger partial charge in [-0.3, -0.25) is 4.90 Å². The highest BCUT2D eigenvalue weighted by atomic mass is 15.2. The highest BCUT2D eigenvalue weighted by Gasteiger charge is 2.41. The molecule has 0 amide bonds. The molecule has 0 aromatic carbocycles. The van der Waals surface area contributed by atoms with E-state index in [2.05, 4.69) is 17.9 Å². The monoisotopic (exact) mass is 260 g/mol. The molecule has 106 valence electrons. The summed E-state index contributed by atoms with van der Waals surface area (Å²) in [6, 6.07) is 4.01. The predicted octanol–water partition coefficient (Wildman–Crippen LogP) is 3.97. The van der Waals surface area contributed by atoms with Crippen molar-refractivity contribution in [3.8, 4) is 6.07 Å². The Morgan fingerprint density at radius 3 is 2.58 bits per heavy atom. The van der Waals surface area contributed by atoms with E-state index in [9.17, 15) is 5.26 Å². The van der Waals surface area contributed by atoms with Gasteiger partial charge in [-0.2, -0.15) is 5.26 Å². The van der Waals surface area contributed by atoms with Crippen LogP contribution in [0, 0.1) is 29.1 Å². The summed E-state index contributed by atoms with van der Waals surface area (Å²) in [6.07, 6.45) is 12.2. The van der Waals surface area contributed by atoms with Crippen molar-refractivity contribution in [1.82, 2.24) is 4.90 Å². The molecule has 2 saturated carbocycles. The van der Waals surface area contributed by atoms with Crippen LogP contribution in [0.4, 0.5) is 0 Å². The number of hydrogen-bond donors (Lipinski definition) is 0. The highest BCUT2D eigenvalue weighted by Crippen LogP contribution is 2.41. The first-order chi connectivity index (χ1) is 9.29. The molecule has 3 fully saturated rings. The molecule has 3 aliphatic rings. The van der Waals surface area contributed by atoms with Gasteiger partial charge in [0.15, 0.2) is 0 Å². The van der Waals surface area contributed by atoms with Gasteiger partial charge >= 0.3 is 0 Å². The second-order valence-electron chi connectivity index (χ2n) is 7.21. The van der Waals surface area contributed by atoms with Crippen LogP contribution in [0.2, 0.25) is 0 Å². The average Bonchev–Trinajstić information content (AvgIpc) is 2.46. The molecule has 5 unspecified atom stereocenters. The summed E-state index contributed by atoms with van der Waals surface area (Å²) in [7, 11) is 0. The third-order valence-corrected chi connectivity index (χ3v) is 5.96. The number of nitrogens with zero attached hydrogens (tertiary/aromatic N) is 2. The van der Waals surface area contributed by atoms with E-state index in [-0.39, 0.29) is 0 Å². The zero-order valence-corrected chi connectivity index (χ0v) is 12.4. The molecule has 2 heteroatoms. The van der Waals surface area contributed by atoms with Gasteiger partial charge in [-0.05, 0) is 63.3 Å². The van der Waals surface area contributed by atoms with Gasteiger partial charge in [-0.25, -0.2) is 0 Å². The minimum atomic E-state index is 0.303. The minimum absolute atomic E-state index is 0.303. The normalized spacial score (nSPS) is 44.3. The first-order valence-electron chi connectivity index (χ1n) is 8.45. The van der Waals surface area contributed by atoms with E-state index in [1.807, 2.05) is 0 Å². The van der Waals surface area contributed by atoms with Gasteiger partial charge in [0.2, 0.25) is 0 Å². The van der Waals surface area contributed by atoms with Crippen LogP contribution in [0.1, 0.15) is 64.7 Å². The van der Waals surface area contributed by atoms with Crippen molar-refractivity contribution >= 4 is 0 Å². The zero-order valence-electron chi connectivity index (χ0n) is 12.4. The predicted molar refractivity (Wildman–Crippen MR) is 77.6 cm³/mol. The molecular formula is C17H28N2. The summed E-state index contributed by atoms with van der Waals surface area (Å²) in [5, 5.41) is 9.50. The van der Waals surface area contributed by atoms with E-state index in [1.165, 1.54) is 57.9 Å². The molecule has 0 aromatic heterocycles. The lowest BCUT2D eigenvalue weighted by atomic mass is 9.73. The molecule has 0 aromatic rings. The molecule has 2 nitrogen and oxygen atoms in total. The lowest BCUT2D eigenvalue weighted by Crippen LogP contribution is -2.55. The quantitative estimate of drug-likeness (QED) is 0.713. The largest absolute Gasteiger partial charge is 0.296 e. The lowest BCUT2D eigenvalue weighted by molar-refractivity contribution is -0.00689. The topological polar surface area (TPSA) is 27.0 Å². The third-order valence-electron chi connectivity index (χ3n) is 5.96. The summed E-state index contributed by atoms with van der Waals surface area (Å²) in [6.45, 7) is 3.64. The maximum atomic E-state index is 9.50. The molecule has 2 aliphatic carbocycles. The Labute approximate surface area is 118 Å². The zero-order chi connectivity index (χ0) is 13.2. The smallest absolute Gasteiger partial charge is 0.0672 e. The standard InChI is InChI=1S/C17H28N2/c1-13-8-9-15(12-18)17(11-13)19-10-4-6-14-5-2-3-7-16(14)19/h13-17H,2-11H2,1H3. The Morgan fingerprint density at radius 1 is 0.947 bits per heavy atom. The lowest BCUT2D eigenvalue weighted by Gasteiger charge is -2.50. The Hall–Kier alpha value is -0.550. The van der Waals surface area contributed by atoms with Crippen molar-refractivity contribution in [2.45, 2.75) is 76.8 Å². The van der Waals surface area contributed by atoms with Crippen LogP contribution in [0.3, 0.4) is 0 Å². The van der Waals surface area contributed by atoms with E-state index >= 15 is 0 Å². The van der Waals surface area contributed by atoms with Gasteiger partial charge in [0, 0.05) is 12.1 Å². The molecule has 0 radical (unpaired) electrons. The molecule has 1 aliphatic heterocycles. The van der Waals surface area contributed by atoms with Crippen molar-refractivity contribution in [3.63, 3.8) is 0 Å². The van der Waals surface area contributed by atoms with E-state index in [1.54, 1.807) is 0 Å². The van der Waals surface area contributed by atoms with Crippen LogP contribution in [-0.4, -0.2) is 23.5 Å². The van der Waals surface area contributed by atoms with E-state index in [0.717, 1.165) is 24.3 Å². The summed E-state index contributed by atoms with van der Waals surface area (Å²) in [4.78, 5) is 2.79. The molecule has 19 heavy (non-hydrogen) atoms. The Balaban J connectivity index is 1.76. The van der Waals surface area contributed by atoms with Gasteiger partial charge < -0.3 is 0 Å². The van der Waals surface area contributed by atoms with Crippen LogP contribution < -0.4 is 0 Å². The summed E-state index contributed by atoms with van der Waals surface area (Å²) in [5.41, 5.74) is 0. The molecule has 1 saturated heterocycles. The summed E-state index contributed by atoms with van der Waals surface area (Å²) in [5.74, 6) is 2.06. The first-order valence-corrected chi connectivity index (χ1v) is 8.45. The molecular weight excluding hydrogens is 232 g/mol. The van der Waals surface area contributed by atoms with E-state index in [0.29, 0.717) is 12.0 Å². The van der Waals surface area contributed by atoms with E-state index < -0.39 is 0 Å². The Morgan fingerprint density at radius 2 is 1.74 bits per heavy atom. The van der Waals surface area contributed by atoms with Crippen LogP contribution >= 0.6 is 0 Å². The summed E-state index contributed by atoms with van der Waals surface area (Å²) >= 11 is 0. The second kappa shape index (κ2) is 5.83. The van der Waals surface area contributed by atoms with Gasteiger partial charge in [-0.15, -0.1) is 0 Å². The maximum absolute atomic E-state index is 9.50. The fraction of sp³-hybridized carbons (Fsp3) is 0.941. The number of piperidine rings is 1. The molecule has 3 rings (SSSR count). The Kier molecular flexibility index (Phi) is 4.12. The fourth-order valence-electron chi connectivity index (χ4n) is 4.94. The number of nitriles is 1. The molecule has 0 bridgehead atoms. The second-order valence-corrected chi connectivity index (χ2v) is 7.21. The minimum Gasteiger partial charge on any atom is -0.296 e.